The fraction of sp³-hybridized carbons (Fsp3) is 1.00. The second-order valence-corrected chi connectivity index (χ2v) is 6.51. The summed E-state index contributed by atoms with van der Waals surface area (Å²) in [4.78, 5) is 0. The lowest BCUT2D eigenvalue weighted by Crippen LogP contribution is -2.40. The Bertz CT molecular complexity index is 198. The quantitative estimate of drug-likeness (QED) is 0.427. The highest BCUT2D eigenvalue weighted by Crippen LogP contribution is 2.11. The highest BCUT2D eigenvalue weighted by Gasteiger charge is 2.10. The molecule has 0 spiro atoms. The van der Waals surface area contributed by atoms with Crippen molar-refractivity contribution in [2.45, 2.75) is 96.4 Å². The third-order valence-electron chi connectivity index (χ3n) is 4.55. The summed E-state index contributed by atoms with van der Waals surface area (Å²) in [5.41, 5.74) is 0. The molecule has 136 valence electrons. The SMILES string of the molecule is CCCCCCCCCCCCCNC1CCNCC1.Cl.Cl. The molecule has 0 aromatic rings. The Morgan fingerprint density at radius 2 is 1.18 bits per heavy atom. The Morgan fingerprint density at radius 3 is 1.68 bits per heavy atom. The van der Waals surface area contributed by atoms with E-state index < -0.39 is 0 Å². The average Bonchev–Trinajstić information content (AvgIpc) is 2.49. The molecule has 1 heterocycles. The minimum absolute atomic E-state index is 0. The van der Waals surface area contributed by atoms with E-state index in [1.54, 1.807) is 0 Å². The molecule has 0 aromatic carbocycles. The molecule has 22 heavy (non-hydrogen) atoms. The topological polar surface area (TPSA) is 24.1 Å². The highest BCUT2D eigenvalue weighted by molar-refractivity contribution is 5.85. The molecule has 1 fully saturated rings. The van der Waals surface area contributed by atoms with Crippen LogP contribution in [0, 0.1) is 0 Å². The van der Waals surface area contributed by atoms with Crippen molar-refractivity contribution in [2.75, 3.05) is 19.6 Å². The molecule has 2 N–H and O–H groups in total. The summed E-state index contributed by atoms with van der Waals surface area (Å²) in [6, 6.07) is 0.791. The predicted octanol–water partition coefficient (Wildman–Crippen LogP) is 5.48. The molecule has 0 atom stereocenters. The summed E-state index contributed by atoms with van der Waals surface area (Å²) in [6.45, 7) is 5.94. The Kier molecular flexibility index (Phi) is 22.0. The third-order valence-corrected chi connectivity index (χ3v) is 4.55. The molecule has 0 bridgehead atoms. The summed E-state index contributed by atoms with van der Waals surface area (Å²) in [7, 11) is 0. The predicted molar refractivity (Wildman–Crippen MR) is 105 cm³/mol. The molecule has 1 aliphatic rings. The molecule has 0 amide bonds. The van der Waals surface area contributed by atoms with E-state index in [1.807, 2.05) is 0 Å². The summed E-state index contributed by atoms with van der Waals surface area (Å²) < 4.78 is 0. The van der Waals surface area contributed by atoms with E-state index in [0.717, 1.165) is 6.04 Å². The molecule has 1 saturated heterocycles. The van der Waals surface area contributed by atoms with Gasteiger partial charge in [-0.15, -0.1) is 24.8 Å². The van der Waals surface area contributed by atoms with E-state index in [4.69, 9.17) is 0 Å². The molecular formula is C18H40Cl2N2. The normalized spacial score (nSPS) is 15.1. The van der Waals surface area contributed by atoms with Gasteiger partial charge in [0, 0.05) is 6.04 Å². The minimum atomic E-state index is 0. The number of rotatable bonds is 13. The summed E-state index contributed by atoms with van der Waals surface area (Å²) in [5.74, 6) is 0. The van der Waals surface area contributed by atoms with E-state index in [-0.39, 0.29) is 24.8 Å². The number of halogens is 2. The number of unbranched alkanes of at least 4 members (excludes halogenated alkanes) is 10. The zero-order valence-corrected chi connectivity index (χ0v) is 16.3. The van der Waals surface area contributed by atoms with Gasteiger partial charge in [-0.2, -0.15) is 0 Å². The van der Waals surface area contributed by atoms with Crippen LogP contribution in [0.15, 0.2) is 0 Å². The van der Waals surface area contributed by atoms with Crippen LogP contribution in [0.3, 0.4) is 0 Å². The number of nitrogens with one attached hydrogen (secondary N) is 2. The van der Waals surface area contributed by atoms with Crippen molar-refractivity contribution in [1.82, 2.24) is 10.6 Å². The molecule has 0 aromatic heterocycles. The number of hydrogen-bond acceptors (Lipinski definition) is 2. The largest absolute Gasteiger partial charge is 0.317 e. The standard InChI is InChI=1S/C18H38N2.2ClH/c1-2-3-4-5-6-7-8-9-10-11-12-15-20-18-13-16-19-17-14-18;;/h18-20H,2-17H2,1H3;2*1H. The lowest BCUT2D eigenvalue weighted by molar-refractivity contribution is 0.383. The van der Waals surface area contributed by atoms with E-state index in [0.29, 0.717) is 0 Å². The summed E-state index contributed by atoms with van der Waals surface area (Å²) in [5, 5.41) is 7.13. The van der Waals surface area contributed by atoms with E-state index in [2.05, 4.69) is 17.6 Å². The molecule has 4 heteroatoms. The minimum Gasteiger partial charge on any atom is -0.317 e. The number of hydrogen-bond donors (Lipinski definition) is 2. The van der Waals surface area contributed by atoms with Gasteiger partial charge in [0.05, 0.1) is 0 Å². The van der Waals surface area contributed by atoms with Crippen molar-refractivity contribution < 1.29 is 0 Å². The van der Waals surface area contributed by atoms with Crippen LogP contribution in [0.5, 0.6) is 0 Å². The van der Waals surface area contributed by atoms with Crippen LogP contribution in [-0.4, -0.2) is 25.7 Å². The van der Waals surface area contributed by atoms with Gasteiger partial charge in [-0.25, -0.2) is 0 Å². The second kappa shape index (κ2) is 19.5. The van der Waals surface area contributed by atoms with Gasteiger partial charge in [-0.1, -0.05) is 71.1 Å². The molecule has 1 aliphatic heterocycles. The number of piperidine rings is 1. The summed E-state index contributed by atoms with van der Waals surface area (Å²) >= 11 is 0. The van der Waals surface area contributed by atoms with Crippen LogP contribution < -0.4 is 10.6 Å². The van der Waals surface area contributed by atoms with Crippen molar-refractivity contribution in [1.29, 1.82) is 0 Å². The van der Waals surface area contributed by atoms with Crippen molar-refractivity contribution in [3.63, 3.8) is 0 Å². The van der Waals surface area contributed by atoms with E-state index >= 15 is 0 Å². The maximum Gasteiger partial charge on any atom is 0.00912 e. The van der Waals surface area contributed by atoms with Gasteiger partial charge in [0.15, 0.2) is 0 Å². The van der Waals surface area contributed by atoms with Crippen LogP contribution in [0.4, 0.5) is 0 Å². The van der Waals surface area contributed by atoms with Gasteiger partial charge in [0.25, 0.3) is 0 Å². The van der Waals surface area contributed by atoms with Gasteiger partial charge in [-0.3, -0.25) is 0 Å². The average molecular weight is 355 g/mol. The first kappa shape index (κ1) is 24.7. The molecule has 1 rings (SSSR count). The van der Waals surface area contributed by atoms with Crippen molar-refractivity contribution >= 4 is 24.8 Å². The van der Waals surface area contributed by atoms with Crippen molar-refractivity contribution in [2.24, 2.45) is 0 Å². The van der Waals surface area contributed by atoms with Gasteiger partial charge in [-0.05, 0) is 38.9 Å². The van der Waals surface area contributed by atoms with E-state index in [1.165, 1.54) is 103 Å². The van der Waals surface area contributed by atoms with Crippen LogP contribution in [0.25, 0.3) is 0 Å². The first-order valence-corrected chi connectivity index (χ1v) is 9.37. The Hall–Kier alpha value is 0.500. The van der Waals surface area contributed by atoms with Gasteiger partial charge >= 0.3 is 0 Å². The zero-order chi connectivity index (χ0) is 14.3. The highest BCUT2D eigenvalue weighted by atomic mass is 35.5. The first-order chi connectivity index (χ1) is 9.93. The zero-order valence-electron chi connectivity index (χ0n) is 14.7. The second-order valence-electron chi connectivity index (χ2n) is 6.51. The first-order valence-electron chi connectivity index (χ1n) is 9.37. The Morgan fingerprint density at radius 1 is 0.727 bits per heavy atom. The van der Waals surface area contributed by atoms with E-state index in [9.17, 15) is 0 Å². The van der Waals surface area contributed by atoms with Gasteiger partial charge in [0.1, 0.15) is 0 Å². The van der Waals surface area contributed by atoms with Crippen LogP contribution >= 0.6 is 24.8 Å². The molecular weight excluding hydrogens is 315 g/mol. The Labute approximate surface area is 151 Å². The molecule has 0 aliphatic carbocycles. The molecule has 2 nitrogen and oxygen atoms in total. The maximum absolute atomic E-state index is 3.71. The lowest BCUT2D eigenvalue weighted by Gasteiger charge is -2.23. The molecule has 0 radical (unpaired) electrons. The maximum atomic E-state index is 3.71. The molecule has 0 unspecified atom stereocenters. The smallest absolute Gasteiger partial charge is 0.00912 e. The fourth-order valence-electron chi connectivity index (χ4n) is 3.12. The fourth-order valence-corrected chi connectivity index (χ4v) is 3.12. The third kappa shape index (κ3) is 15.4. The van der Waals surface area contributed by atoms with Crippen LogP contribution in [-0.2, 0) is 0 Å². The molecule has 0 saturated carbocycles. The van der Waals surface area contributed by atoms with Gasteiger partial charge in [0.2, 0.25) is 0 Å². The monoisotopic (exact) mass is 354 g/mol. The van der Waals surface area contributed by atoms with Crippen molar-refractivity contribution in [3.8, 4) is 0 Å². The van der Waals surface area contributed by atoms with Gasteiger partial charge < -0.3 is 10.6 Å². The van der Waals surface area contributed by atoms with Crippen LogP contribution in [0.2, 0.25) is 0 Å². The lowest BCUT2D eigenvalue weighted by atomic mass is 10.0. The summed E-state index contributed by atoms with van der Waals surface area (Å²) in [6.07, 6.45) is 18.5. The Balaban J connectivity index is 0. The van der Waals surface area contributed by atoms with Crippen LogP contribution in [0.1, 0.15) is 90.4 Å². The van der Waals surface area contributed by atoms with Crippen molar-refractivity contribution in [3.05, 3.63) is 0 Å².